The van der Waals surface area contributed by atoms with Crippen molar-refractivity contribution in [2.24, 2.45) is 0 Å². The SMILES string of the molecule is O=C(O)c1ccccc1.c1ccsc1. The van der Waals surface area contributed by atoms with E-state index in [1.54, 1.807) is 41.7 Å². The van der Waals surface area contributed by atoms with E-state index in [4.69, 9.17) is 5.11 Å². The van der Waals surface area contributed by atoms with Crippen molar-refractivity contribution in [2.45, 2.75) is 0 Å². The minimum Gasteiger partial charge on any atom is -0.478 e. The first-order valence-corrected chi connectivity index (χ1v) is 5.00. The van der Waals surface area contributed by atoms with Crippen molar-refractivity contribution in [2.75, 3.05) is 0 Å². The number of carboxylic acid groups (broad SMARTS) is 1. The molecule has 2 nitrogen and oxygen atoms in total. The van der Waals surface area contributed by atoms with E-state index in [0.29, 0.717) is 5.56 Å². The summed E-state index contributed by atoms with van der Waals surface area (Å²) in [6.45, 7) is 0. The van der Waals surface area contributed by atoms with Crippen LogP contribution in [0.5, 0.6) is 0 Å². The normalized spacial score (nSPS) is 8.57. The van der Waals surface area contributed by atoms with E-state index in [0.717, 1.165) is 0 Å². The van der Waals surface area contributed by atoms with E-state index >= 15 is 0 Å². The van der Waals surface area contributed by atoms with E-state index in [-0.39, 0.29) is 0 Å². The first-order valence-electron chi connectivity index (χ1n) is 4.06. The van der Waals surface area contributed by atoms with Crippen LogP contribution < -0.4 is 0 Å². The molecule has 1 aromatic carbocycles. The summed E-state index contributed by atoms with van der Waals surface area (Å²) in [7, 11) is 0. The van der Waals surface area contributed by atoms with Gasteiger partial charge in [-0.05, 0) is 22.9 Å². The molecular weight excluding hydrogens is 196 g/mol. The Morgan fingerprint density at radius 3 is 1.86 bits per heavy atom. The standard InChI is InChI=1S/C7H6O2.C4H4S/c8-7(9)6-4-2-1-3-5-6;1-2-4-5-3-1/h1-5H,(H,8,9);1-4H. The maximum atomic E-state index is 10.2. The molecule has 3 heteroatoms. The third-order valence-electron chi connectivity index (χ3n) is 1.45. The van der Waals surface area contributed by atoms with E-state index in [9.17, 15) is 4.79 Å². The van der Waals surface area contributed by atoms with Gasteiger partial charge in [0.25, 0.3) is 0 Å². The maximum Gasteiger partial charge on any atom is 0.335 e. The quantitative estimate of drug-likeness (QED) is 0.778. The molecule has 0 aliphatic carbocycles. The predicted molar refractivity (Wildman–Crippen MR) is 57.7 cm³/mol. The van der Waals surface area contributed by atoms with Gasteiger partial charge in [0, 0.05) is 0 Å². The first-order chi connectivity index (χ1) is 6.80. The minimum atomic E-state index is -0.879. The summed E-state index contributed by atoms with van der Waals surface area (Å²) in [6.07, 6.45) is 0. The molecule has 0 saturated carbocycles. The number of carbonyl (C=O) groups is 1. The molecule has 1 heterocycles. The average molecular weight is 206 g/mol. The number of hydrogen-bond acceptors (Lipinski definition) is 2. The highest BCUT2D eigenvalue weighted by atomic mass is 32.1. The Bertz CT molecular complexity index is 337. The van der Waals surface area contributed by atoms with E-state index in [1.165, 1.54) is 0 Å². The topological polar surface area (TPSA) is 37.3 Å². The van der Waals surface area contributed by atoms with E-state index < -0.39 is 5.97 Å². The molecule has 0 amide bonds. The molecule has 2 aromatic rings. The Morgan fingerprint density at radius 2 is 1.57 bits per heavy atom. The summed E-state index contributed by atoms with van der Waals surface area (Å²) in [5.41, 5.74) is 0.331. The highest BCUT2D eigenvalue weighted by Crippen LogP contribution is 1.96. The van der Waals surface area contributed by atoms with Gasteiger partial charge in [-0.2, -0.15) is 11.3 Å². The van der Waals surface area contributed by atoms with Crippen molar-refractivity contribution in [3.8, 4) is 0 Å². The zero-order chi connectivity index (χ0) is 10.2. The van der Waals surface area contributed by atoms with Crippen LogP contribution >= 0.6 is 11.3 Å². The Morgan fingerprint density at radius 1 is 1.00 bits per heavy atom. The van der Waals surface area contributed by atoms with Crippen LogP contribution in [0.15, 0.2) is 53.2 Å². The Kier molecular flexibility index (Phi) is 4.44. The highest BCUT2D eigenvalue weighted by molar-refractivity contribution is 7.07. The smallest absolute Gasteiger partial charge is 0.335 e. The van der Waals surface area contributed by atoms with Crippen LogP contribution in [-0.4, -0.2) is 11.1 Å². The van der Waals surface area contributed by atoms with Gasteiger partial charge in [0.15, 0.2) is 0 Å². The molecule has 0 aliphatic rings. The molecule has 0 saturated heterocycles. The third kappa shape index (κ3) is 3.87. The summed E-state index contributed by atoms with van der Waals surface area (Å²) < 4.78 is 0. The number of hydrogen-bond donors (Lipinski definition) is 1. The predicted octanol–water partition coefficient (Wildman–Crippen LogP) is 3.13. The van der Waals surface area contributed by atoms with Gasteiger partial charge in [-0.25, -0.2) is 4.79 Å². The van der Waals surface area contributed by atoms with Gasteiger partial charge >= 0.3 is 5.97 Å². The minimum absolute atomic E-state index is 0.331. The van der Waals surface area contributed by atoms with Gasteiger partial charge < -0.3 is 5.11 Å². The monoisotopic (exact) mass is 206 g/mol. The second-order valence-corrected chi connectivity index (χ2v) is 3.28. The third-order valence-corrected chi connectivity index (χ3v) is 2.07. The molecule has 0 radical (unpaired) electrons. The van der Waals surface area contributed by atoms with Crippen LogP contribution in [0.25, 0.3) is 0 Å². The molecule has 14 heavy (non-hydrogen) atoms. The maximum absolute atomic E-state index is 10.2. The first kappa shape index (κ1) is 10.5. The lowest BCUT2D eigenvalue weighted by Crippen LogP contribution is -1.93. The lowest BCUT2D eigenvalue weighted by Gasteiger charge is -1.88. The van der Waals surface area contributed by atoms with Gasteiger partial charge in [-0.15, -0.1) is 0 Å². The van der Waals surface area contributed by atoms with Gasteiger partial charge in [0.2, 0.25) is 0 Å². The van der Waals surface area contributed by atoms with Gasteiger partial charge in [-0.1, -0.05) is 30.3 Å². The highest BCUT2D eigenvalue weighted by Gasteiger charge is 1.96. The summed E-state index contributed by atoms with van der Waals surface area (Å²) in [5, 5.41) is 12.5. The lowest BCUT2D eigenvalue weighted by molar-refractivity contribution is 0.0697. The second-order valence-electron chi connectivity index (χ2n) is 2.46. The number of thiophene rings is 1. The molecule has 1 aromatic heterocycles. The van der Waals surface area contributed by atoms with E-state index in [2.05, 4.69) is 0 Å². The molecular formula is C11H10O2S. The number of aromatic carboxylic acids is 1. The van der Waals surface area contributed by atoms with Gasteiger partial charge in [-0.3, -0.25) is 0 Å². The Hall–Kier alpha value is -1.61. The van der Waals surface area contributed by atoms with Crippen molar-refractivity contribution < 1.29 is 9.90 Å². The molecule has 0 bridgehead atoms. The van der Waals surface area contributed by atoms with Crippen LogP contribution in [0.2, 0.25) is 0 Å². The summed E-state index contributed by atoms with van der Waals surface area (Å²) >= 11 is 1.71. The van der Waals surface area contributed by atoms with Crippen molar-refractivity contribution in [3.63, 3.8) is 0 Å². The number of carboxylic acids is 1. The molecule has 0 aliphatic heterocycles. The molecule has 0 unspecified atom stereocenters. The van der Waals surface area contributed by atoms with Crippen LogP contribution in [-0.2, 0) is 0 Å². The number of rotatable bonds is 1. The largest absolute Gasteiger partial charge is 0.478 e. The van der Waals surface area contributed by atoms with Gasteiger partial charge in [0.05, 0.1) is 5.56 Å². The zero-order valence-corrected chi connectivity index (χ0v) is 8.28. The van der Waals surface area contributed by atoms with Crippen molar-refractivity contribution in [1.29, 1.82) is 0 Å². The van der Waals surface area contributed by atoms with Crippen LogP contribution in [0.3, 0.4) is 0 Å². The summed E-state index contributed by atoms with van der Waals surface area (Å²) in [5.74, 6) is -0.879. The van der Waals surface area contributed by atoms with Crippen molar-refractivity contribution >= 4 is 17.3 Å². The summed E-state index contributed by atoms with van der Waals surface area (Å²) in [6, 6.07) is 12.3. The fourth-order valence-corrected chi connectivity index (χ4v) is 1.26. The molecule has 0 spiro atoms. The Labute approximate surface area is 86.5 Å². The summed E-state index contributed by atoms with van der Waals surface area (Å²) in [4.78, 5) is 10.2. The van der Waals surface area contributed by atoms with Crippen LogP contribution in [0.4, 0.5) is 0 Å². The number of benzene rings is 1. The fourth-order valence-electron chi connectivity index (χ4n) is 0.808. The molecule has 2 rings (SSSR count). The molecule has 0 fully saturated rings. The zero-order valence-electron chi connectivity index (χ0n) is 7.46. The molecule has 0 atom stereocenters. The van der Waals surface area contributed by atoms with Crippen LogP contribution in [0.1, 0.15) is 10.4 Å². The van der Waals surface area contributed by atoms with Gasteiger partial charge in [0.1, 0.15) is 0 Å². The average Bonchev–Trinajstić information content (AvgIpc) is 2.77. The van der Waals surface area contributed by atoms with Crippen molar-refractivity contribution in [3.05, 3.63) is 58.8 Å². The molecule has 1 N–H and O–H groups in total. The lowest BCUT2D eigenvalue weighted by atomic mass is 10.2. The second kappa shape index (κ2) is 5.94. The molecule has 72 valence electrons. The fraction of sp³-hybridized carbons (Fsp3) is 0. The Balaban J connectivity index is 0.000000165. The van der Waals surface area contributed by atoms with Crippen molar-refractivity contribution in [1.82, 2.24) is 0 Å². The van der Waals surface area contributed by atoms with E-state index in [1.807, 2.05) is 22.9 Å². The van der Waals surface area contributed by atoms with Crippen LogP contribution in [0, 0.1) is 0 Å².